The first-order chi connectivity index (χ1) is 41.1. The van der Waals surface area contributed by atoms with E-state index in [1.807, 2.05) is 0 Å². The summed E-state index contributed by atoms with van der Waals surface area (Å²) in [7, 11) is 5.69. The van der Waals surface area contributed by atoms with Crippen molar-refractivity contribution in [1.29, 1.82) is 0 Å². The minimum absolute atomic E-state index is 0.949. The molecule has 8 aliphatic rings. The Kier molecular flexibility index (Phi) is 57.6. The first-order valence-electron chi connectivity index (χ1n) is 32.2. The average Bonchev–Trinajstić information content (AvgIpc) is 3.49. The maximum absolute atomic E-state index is 9.89. The third-order valence-corrected chi connectivity index (χ3v) is 18.5. The van der Waals surface area contributed by atoms with Crippen LogP contribution in [0.3, 0.4) is 0 Å². The molecule has 0 saturated carbocycles. The summed E-state index contributed by atoms with van der Waals surface area (Å²) < 4.78 is 91.1. The molecule has 0 N–H and O–H groups in total. The third kappa shape index (κ3) is 56.6. The molecule has 0 bridgehead atoms. The van der Waals surface area contributed by atoms with Crippen LogP contribution in [-0.2, 0) is 37.9 Å². The maximum Gasteiger partial charge on any atom is 0.121 e. The number of hydrogen-bond donors (Lipinski definition) is 0. The van der Waals surface area contributed by atoms with Gasteiger partial charge in [-0.05, 0) is 55.4 Å². The SMILES string of the molecule is CC[N+]1(C)CCOCC1.CC[N+]1(C)CCOCC1.CC[N+]1(C)CCOCC1.CC[N+]1(C)CCOCC1.CC[N+]1(C)CCOCC1.CC[N+]1(C)CCOCC1.CC[N+]1(C)CCOCC1.CC[N+]1(C)CCOCC1.[O-]B([O-])F.[O-]B([O-])F.[O-]B([O-])F.[O-]B([O-])F. The van der Waals surface area contributed by atoms with Crippen LogP contribution in [0.25, 0.3) is 0 Å². The highest BCUT2D eigenvalue weighted by molar-refractivity contribution is 6.27. The Morgan fingerprint density at radius 1 is 0.205 bits per heavy atom. The second-order valence-corrected chi connectivity index (χ2v) is 25.1. The van der Waals surface area contributed by atoms with Gasteiger partial charge in [-0.3, -0.25) is 0 Å². The van der Waals surface area contributed by atoms with Crippen molar-refractivity contribution in [1.82, 2.24) is 0 Å². The summed E-state index contributed by atoms with van der Waals surface area (Å²) in [5, 5.41) is 66.4. The van der Waals surface area contributed by atoms with Gasteiger partial charge in [0.2, 0.25) is 0 Å². The van der Waals surface area contributed by atoms with Gasteiger partial charge in [0, 0.05) is 0 Å². The minimum Gasteiger partial charge on any atom is -0.867 e. The van der Waals surface area contributed by atoms with Crippen LogP contribution in [0, 0.1) is 0 Å². The van der Waals surface area contributed by atoms with Crippen molar-refractivity contribution in [2.75, 3.05) is 319 Å². The van der Waals surface area contributed by atoms with E-state index in [2.05, 4.69) is 112 Å². The van der Waals surface area contributed by atoms with Gasteiger partial charge in [0.25, 0.3) is 0 Å². The number of nitrogens with zero attached hydrogens (tertiary/aromatic N) is 8. The number of ether oxygens (including phenoxy) is 8. The zero-order valence-corrected chi connectivity index (χ0v) is 58.2. The van der Waals surface area contributed by atoms with Crippen molar-refractivity contribution in [3.8, 4) is 0 Å². The van der Waals surface area contributed by atoms with Crippen molar-refractivity contribution >= 4 is 29.6 Å². The molecule has 8 heterocycles. The number of rotatable bonds is 8. The Morgan fingerprint density at radius 3 is 0.295 bits per heavy atom. The van der Waals surface area contributed by atoms with Gasteiger partial charge < -0.3 is 131 Å². The number of likely N-dealkylation sites (N-methyl/N-ethyl adjacent to an activating group) is 8. The van der Waals surface area contributed by atoms with Crippen LogP contribution >= 0.6 is 0 Å². The molecule has 8 rings (SSSR count). The highest BCUT2D eigenvalue weighted by atomic mass is 19.1. The average molecular weight is 1290 g/mol. The molecule has 24 nitrogen and oxygen atoms in total. The molecule has 8 saturated heterocycles. The van der Waals surface area contributed by atoms with Crippen molar-refractivity contribution in [3.63, 3.8) is 0 Å². The lowest BCUT2D eigenvalue weighted by Crippen LogP contribution is -2.51. The number of morpholine rings is 8. The molecular weight excluding hydrogens is 1160 g/mol. The van der Waals surface area contributed by atoms with Gasteiger partial charge in [-0.25, -0.2) is 0 Å². The fourth-order valence-corrected chi connectivity index (χ4v) is 8.80. The van der Waals surface area contributed by atoms with Gasteiger partial charge in [-0.15, -0.1) is 0 Å². The first kappa shape index (κ1) is 93.4. The normalized spacial score (nSPS) is 22.5. The van der Waals surface area contributed by atoms with Gasteiger partial charge in [-0.1, -0.05) is 0 Å². The van der Waals surface area contributed by atoms with E-state index in [0.717, 1.165) is 106 Å². The fraction of sp³-hybridized carbons (Fsp3) is 1.00. The number of quaternary nitrogens is 8. The second kappa shape index (κ2) is 54.3. The predicted octanol–water partition coefficient (Wildman–Crippen LogP) is -5.49. The van der Waals surface area contributed by atoms with Crippen LogP contribution in [0.1, 0.15) is 55.4 Å². The van der Waals surface area contributed by atoms with Crippen LogP contribution in [0.5, 0.6) is 0 Å². The molecule has 0 unspecified atom stereocenters. The molecule has 0 aliphatic carbocycles. The largest absolute Gasteiger partial charge is 0.867 e. The third-order valence-electron chi connectivity index (χ3n) is 18.5. The molecular formula is C56H128B4F4N8O16. The Labute approximate surface area is 533 Å². The standard InChI is InChI=1S/8C7H16NO.4BFO2/c8*1-3-8(2)4-6-9-7-5-8;4*2-1(3)4/h8*3-7H2,1-2H3;;;;/q8*+1;4*-2. The molecule has 8 fully saturated rings. The predicted molar refractivity (Wildman–Crippen MR) is 326 cm³/mol. The van der Waals surface area contributed by atoms with E-state index in [4.69, 9.17) is 78.1 Å². The smallest absolute Gasteiger partial charge is 0.121 e. The number of hydrogen-bond acceptors (Lipinski definition) is 16. The molecule has 0 amide bonds. The fourth-order valence-electron chi connectivity index (χ4n) is 8.80. The molecule has 0 radical (unpaired) electrons. The lowest BCUT2D eigenvalue weighted by molar-refractivity contribution is -0.915. The molecule has 8 aliphatic heterocycles. The molecule has 0 aromatic heterocycles. The van der Waals surface area contributed by atoms with E-state index in [1.54, 1.807) is 0 Å². The number of halogens is 4. The van der Waals surface area contributed by atoms with Crippen molar-refractivity contribution in [2.45, 2.75) is 55.4 Å². The van der Waals surface area contributed by atoms with Gasteiger partial charge in [-0.2, -0.15) is 0 Å². The first-order valence-corrected chi connectivity index (χ1v) is 32.2. The van der Waals surface area contributed by atoms with Gasteiger partial charge in [0.1, 0.15) is 134 Å². The highest BCUT2D eigenvalue weighted by Gasteiger charge is 2.27. The second-order valence-electron chi connectivity index (χ2n) is 25.1. The summed E-state index contributed by atoms with van der Waals surface area (Å²) in [6.07, 6.45) is 0. The molecule has 0 aromatic rings. The Bertz CT molecular complexity index is 1200. The molecule has 88 heavy (non-hydrogen) atoms. The van der Waals surface area contributed by atoms with E-state index in [1.165, 1.54) is 193 Å². The van der Waals surface area contributed by atoms with Gasteiger partial charge in [0.15, 0.2) is 0 Å². The molecule has 0 spiro atoms. The van der Waals surface area contributed by atoms with E-state index >= 15 is 0 Å². The van der Waals surface area contributed by atoms with Crippen LogP contribution < -0.4 is 40.2 Å². The molecule has 0 atom stereocenters. The van der Waals surface area contributed by atoms with Crippen LogP contribution in [-0.4, -0.2) is 385 Å². The zero-order chi connectivity index (χ0) is 68.3. The van der Waals surface area contributed by atoms with Gasteiger partial charge >= 0.3 is 0 Å². The Balaban J connectivity index is -0.000000443. The lowest BCUT2D eigenvalue weighted by Gasteiger charge is -2.36. The van der Waals surface area contributed by atoms with Gasteiger partial charge in [0.05, 0.1) is 214 Å². The lowest BCUT2D eigenvalue weighted by atomic mass is 10.3. The monoisotopic (exact) mass is 1290 g/mol. The van der Waals surface area contributed by atoms with E-state index in [9.17, 15) is 17.3 Å². The molecule has 32 heteroatoms. The van der Waals surface area contributed by atoms with Crippen LogP contribution in [0.4, 0.5) is 17.3 Å². The van der Waals surface area contributed by atoms with Crippen molar-refractivity contribution in [2.24, 2.45) is 0 Å². The maximum atomic E-state index is 9.89. The zero-order valence-electron chi connectivity index (χ0n) is 58.2. The Morgan fingerprint density at radius 2 is 0.261 bits per heavy atom. The summed E-state index contributed by atoms with van der Waals surface area (Å²) in [6, 6.07) is 0. The van der Waals surface area contributed by atoms with Crippen LogP contribution in [0.2, 0.25) is 0 Å². The summed E-state index contributed by atoms with van der Waals surface area (Å²) in [6.45, 7) is 62.1. The van der Waals surface area contributed by atoms with E-state index < -0.39 is 29.6 Å². The van der Waals surface area contributed by atoms with Crippen LogP contribution in [0.15, 0.2) is 0 Å². The highest BCUT2D eigenvalue weighted by Crippen LogP contribution is 2.11. The summed E-state index contributed by atoms with van der Waals surface area (Å²) in [5.41, 5.74) is 0. The minimum atomic E-state index is -3.17. The van der Waals surface area contributed by atoms with Crippen molar-refractivity contribution in [3.05, 3.63) is 0 Å². The van der Waals surface area contributed by atoms with E-state index in [-0.39, 0.29) is 0 Å². The topological polar surface area (TPSA) is 258 Å². The quantitative estimate of drug-likeness (QED) is 0.125. The summed E-state index contributed by atoms with van der Waals surface area (Å²) >= 11 is 0. The molecule has 528 valence electrons. The summed E-state index contributed by atoms with van der Waals surface area (Å²) in [4.78, 5) is 0. The molecule has 0 aromatic carbocycles. The Hall–Kier alpha value is -0.980. The van der Waals surface area contributed by atoms with Crippen molar-refractivity contribution < 1.29 is 131 Å². The van der Waals surface area contributed by atoms with E-state index in [0.29, 0.717) is 0 Å². The summed E-state index contributed by atoms with van der Waals surface area (Å²) in [5.74, 6) is 0.